The van der Waals surface area contributed by atoms with Crippen molar-refractivity contribution in [2.75, 3.05) is 6.54 Å². The number of carbonyl (C=O) groups is 1. The fraction of sp³-hybridized carbons (Fsp3) is 0.600. The molecule has 0 bridgehead atoms. The standard InChI is InChI=1S/C10H16N2OS/c1-3-7(2)9(13)10-12-8(4-5-11)6-14-10/h6-7H,3-5,11H2,1-2H3. The second kappa shape index (κ2) is 5.22. The van der Waals surface area contributed by atoms with Crippen LogP contribution < -0.4 is 5.73 Å². The average molecular weight is 212 g/mol. The summed E-state index contributed by atoms with van der Waals surface area (Å²) < 4.78 is 0. The smallest absolute Gasteiger partial charge is 0.194 e. The number of nitrogens with zero attached hydrogens (tertiary/aromatic N) is 1. The topological polar surface area (TPSA) is 56.0 Å². The predicted molar refractivity (Wildman–Crippen MR) is 58.7 cm³/mol. The minimum Gasteiger partial charge on any atom is -0.330 e. The van der Waals surface area contributed by atoms with E-state index in [1.54, 1.807) is 0 Å². The third-order valence-corrected chi connectivity index (χ3v) is 3.13. The molecule has 1 unspecified atom stereocenters. The average Bonchev–Trinajstić information content (AvgIpc) is 2.64. The molecule has 0 aliphatic carbocycles. The number of rotatable bonds is 5. The van der Waals surface area contributed by atoms with Crippen molar-refractivity contribution in [1.82, 2.24) is 4.98 Å². The van der Waals surface area contributed by atoms with Gasteiger partial charge in [0.15, 0.2) is 10.8 Å². The van der Waals surface area contributed by atoms with Crippen molar-refractivity contribution in [3.63, 3.8) is 0 Å². The molecule has 1 rings (SSSR count). The fourth-order valence-corrected chi connectivity index (χ4v) is 1.98. The monoisotopic (exact) mass is 212 g/mol. The molecule has 0 spiro atoms. The molecule has 3 nitrogen and oxygen atoms in total. The number of hydrogen-bond acceptors (Lipinski definition) is 4. The molecule has 0 fully saturated rings. The number of nitrogens with two attached hydrogens (primary N) is 1. The van der Waals surface area contributed by atoms with Crippen LogP contribution in [0.3, 0.4) is 0 Å². The molecule has 0 radical (unpaired) electrons. The third-order valence-electron chi connectivity index (χ3n) is 2.22. The number of carbonyl (C=O) groups excluding carboxylic acids is 1. The first-order chi connectivity index (χ1) is 6.69. The summed E-state index contributed by atoms with van der Waals surface area (Å²) >= 11 is 1.43. The van der Waals surface area contributed by atoms with Gasteiger partial charge >= 0.3 is 0 Å². The Morgan fingerprint density at radius 2 is 2.43 bits per heavy atom. The van der Waals surface area contributed by atoms with Gasteiger partial charge in [-0.15, -0.1) is 11.3 Å². The van der Waals surface area contributed by atoms with Crippen LogP contribution in [-0.2, 0) is 6.42 Å². The van der Waals surface area contributed by atoms with Crippen LogP contribution in [0.25, 0.3) is 0 Å². The molecule has 1 heterocycles. The number of ketones is 1. The lowest BCUT2D eigenvalue weighted by molar-refractivity contribution is 0.0926. The van der Waals surface area contributed by atoms with Crippen LogP contribution in [0.1, 0.15) is 35.8 Å². The van der Waals surface area contributed by atoms with Crippen LogP contribution in [0.2, 0.25) is 0 Å². The Kier molecular flexibility index (Phi) is 4.22. The molecule has 0 saturated heterocycles. The lowest BCUT2D eigenvalue weighted by atomic mass is 10.0. The van der Waals surface area contributed by atoms with Gasteiger partial charge in [0.2, 0.25) is 0 Å². The first kappa shape index (κ1) is 11.3. The second-order valence-corrected chi connectivity index (χ2v) is 4.21. The Morgan fingerprint density at radius 3 is 3.00 bits per heavy atom. The van der Waals surface area contributed by atoms with Crippen molar-refractivity contribution in [3.05, 3.63) is 16.1 Å². The summed E-state index contributed by atoms with van der Waals surface area (Å²) in [5, 5.41) is 2.55. The Hall–Kier alpha value is -0.740. The molecule has 0 amide bonds. The van der Waals surface area contributed by atoms with E-state index in [4.69, 9.17) is 5.73 Å². The zero-order valence-electron chi connectivity index (χ0n) is 8.62. The molecule has 4 heteroatoms. The van der Waals surface area contributed by atoms with E-state index in [1.807, 2.05) is 19.2 Å². The van der Waals surface area contributed by atoms with Crippen molar-refractivity contribution < 1.29 is 4.79 Å². The number of hydrogen-bond donors (Lipinski definition) is 1. The Labute approximate surface area is 88.3 Å². The number of thiazole rings is 1. The molecular formula is C10H16N2OS. The summed E-state index contributed by atoms with van der Waals surface area (Å²) in [7, 11) is 0. The first-order valence-electron chi connectivity index (χ1n) is 4.87. The minimum atomic E-state index is 0.0758. The third kappa shape index (κ3) is 2.62. The van der Waals surface area contributed by atoms with E-state index in [1.165, 1.54) is 11.3 Å². The molecule has 0 aromatic carbocycles. The van der Waals surface area contributed by atoms with Gasteiger partial charge < -0.3 is 5.73 Å². The van der Waals surface area contributed by atoms with Crippen LogP contribution in [0, 0.1) is 5.92 Å². The van der Waals surface area contributed by atoms with Crippen LogP contribution >= 0.6 is 11.3 Å². The summed E-state index contributed by atoms with van der Waals surface area (Å²) in [4.78, 5) is 16.0. The zero-order chi connectivity index (χ0) is 10.6. The van der Waals surface area contributed by atoms with E-state index in [0.717, 1.165) is 18.5 Å². The van der Waals surface area contributed by atoms with Gasteiger partial charge in [-0.1, -0.05) is 13.8 Å². The maximum atomic E-state index is 11.7. The minimum absolute atomic E-state index is 0.0758. The SMILES string of the molecule is CCC(C)C(=O)c1nc(CCN)cs1. The highest BCUT2D eigenvalue weighted by Gasteiger charge is 2.16. The lowest BCUT2D eigenvalue weighted by Crippen LogP contribution is -2.10. The number of Topliss-reactive ketones (excluding diaryl/α,β-unsaturated/α-hetero) is 1. The molecule has 1 aromatic heterocycles. The first-order valence-corrected chi connectivity index (χ1v) is 5.75. The van der Waals surface area contributed by atoms with E-state index in [2.05, 4.69) is 4.98 Å². The Morgan fingerprint density at radius 1 is 1.71 bits per heavy atom. The number of aromatic nitrogens is 1. The van der Waals surface area contributed by atoms with E-state index in [0.29, 0.717) is 11.6 Å². The molecule has 0 aliphatic heterocycles. The van der Waals surface area contributed by atoms with Gasteiger partial charge in [-0.05, 0) is 13.0 Å². The van der Waals surface area contributed by atoms with Gasteiger partial charge in [0.25, 0.3) is 0 Å². The normalized spacial score (nSPS) is 12.8. The maximum absolute atomic E-state index is 11.7. The van der Waals surface area contributed by atoms with Crippen molar-refractivity contribution in [1.29, 1.82) is 0 Å². The lowest BCUT2D eigenvalue weighted by Gasteiger charge is -2.02. The Bertz CT molecular complexity index is 309. The van der Waals surface area contributed by atoms with Gasteiger partial charge in [0, 0.05) is 17.7 Å². The van der Waals surface area contributed by atoms with E-state index >= 15 is 0 Å². The largest absolute Gasteiger partial charge is 0.330 e. The molecule has 2 N–H and O–H groups in total. The summed E-state index contributed by atoms with van der Waals surface area (Å²) in [6.45, 7) is 4.53. The van der Waals surface area contributed by atoms with E-state index < -0.39 is 0 Å². The molecule has 1 aromatic rings. The predicted octanol–water partition coefficient (Wildman–Crippen LogP) is 1.87. The molecule has 14 heavy (non-hydrogen) atoms. The molecule has 0 saturated carbocycles. The molecule has 78 valence electrons. The summed E-state index contributed by atoms with van der Waals surface area (Å²) in [6.07, 6.45) is 1.62. The van der Waals surface area contributed by atoms with Crippen LogP contribution in [0.15, 0.2) is 5.38 Å². The summed E-state index contributed by atoms with van der Waals surface area (Å²) in [5.74, 6) is 0.229. The van der Waals surface area contributed by atoms with Crippen molar-refractivity contribution in [2.45, 2.75) is 26.7 Å². The van der Waals surface area contributed by atoms with Crippen molar-refractivity contribution >= 4 is 17.1 Å². The highest BCUT2D eigenvalue weighted by molar-refractivity contribution is 7.11. The van der Waals surface area contributed by atoms with Crippen molar-refractivity contribution in [3.8, 4) is 0 Å². The molecule has 0 aliphatic rings. The van der Waals surface area contributed by atoms with E-state index in [9.17, 15) is 4.79 Å². The van der Waals surface area contributed by atoms with Gasteiger partial charge in [-0.25, -0.2) is 4.98 Å². The van der Waals surface area contributed by atoms with E-state index in [-0.39, 0.29) is 11.7 Å². The van der Waals surface area contributed by atoms with Crippen LogP contribution in [0.4, 0.5) is 0 Å². The summed E-state index contributed by atoms with van der Waals surface area (Å²) in [6, 6.07) is 0. The molecular weight excluding hydrogens is 196 g/mol. The van der Waals surface area contributed by atoms with Crippen LogP contribution in [-0.4, -0.2) is 17.3 Å². The van der Waals surface area contributed by atoms with Crippen molar-refractivity contribution in [2.24, 2.45) is 11.7 Å². The fourth-order valence-electron chi connectivity index (χ4n) is 1.08. The maximum Gasteiger partial charge on any atom is 0.194 e. The van der Waals surface area contributed by atoms with Gasteiger partial charge in [-0.3, -0.25) is 4.79 Å². The quantitative estimate of drug-likeness (QED) is 0.758. The van der Waals surface area contributed by atoms with Crippen LogP contribution in [0.5, 0.6) is 0 Å². The van der Waals surface area contributed by atoms with Gasteiger partial charge in [0.05, 0.1) is 5.69 Å². The highest BCUT2D eigenvalue weighted by atomic mass is 32.1. The Balaban J connectivity index is 2.71. The summed E-state index contributed by atoms with van der Waals surface area (Å²) in [5.41, 5.74) is 6.35. The van der Waals surface area contributed by atoms with Gasteiger partial charge in [0.1, 0.15) is 0 Å². The highest BCUT2D eigenvalue weighted by Crippen LogP contribution is 2.16. The zero-order valence-corrected chi connectivity index (χ0v) is 9.43. The van der Waals surface area contributed by atoms with Gasteiger partial charge in [-0.2, -0.15) is 0 Å². The molecule has 1 atom stereocenters. The second-order valence-electron chi connectivity index (χ2n) is 3.36.